The monoisotopic (exact) mass is 467 g/mol. The maximum absolute atomic E-state index is 12.7. The van der Waals surface area contributed by atoms with E-state index in [-0.39, 0.29) is 11.6 Å². The van der Waals surface area contributed by atoms with E-state index in [9.17, 15) is 23.2 Å². The Hall–Kier alpha value is -4.74. The SMILES string of the molecule is CNC(=O)Nc1ccc(C#CC#Cc2ccc(C(=O)N[C@@H](C(=N)C(F)F)C(=O)NO)cc2)cc1. The first-order valence-corrected chi connectivity index (χ1v) is 9.57. The summed E-state index contributed by atoms with van der Waals surface area (Å²) in [7, 11) is 1.51. The molecule has 9 nitrogen and oxygen atoms in total. The van der Waals surface area contributed by atoms with Crippen LogP contribution in [-0.4, -0.2) is 48.3 Å². The largest absolute Gasteiger partial charge is 0.341 e. The van der Waals surface area contributed by atoms with Crippen LogP contribution in [0.5, 0.6) is 0 Å². The number of amides is 4. The first-order chi connectivity index (χ1) is 16.2. The number of rotatable bonds is 6. The molecule has 6 N–H and O–H groups in total. The number of hydrogen-bond acceptors (Lipinski definition) is 5. The molecule has 0 saturated carbocycles. The van der Waals surface area contributed by atoms with Gasteiger partial charge in [-0.3, -0.25) is 14.8 Å². The van der Waals surface area contributed by atoms with Crippen LogP contribution in [0.2, 0.25) is 0 Å². The van der Waals surface area contributed by atoms with Crippen LogP contribution in [0.3, 0.4) is 0 Å². The van der Waals surface area contributed by atoms with Crippen LogP contribution in [0, 0.1) is 29.1 Å². The number of benzene rings is 2. The highest BCUT2D eigenvalue weighted by atomic mass is 19.3. The van der Waals surface area contributed by atoms with Crippen molar-refractivity contribution in [2.24, 2.45) is 0 Å². The molecule has 2 rings (SSSR count). The van der Waals surface area contributed by atoms with Crippen molar-refractivity contribution in [3.05, 3.63) is 65.2 Å². The van der Waals surface area contributed by atoms with E-state index in [1.165, 1.54) is 31.3 Å². The second-order valence-electron chi connectivity index (χ2n) is 6.50. The molecule has 4 amide bonds. The van der Waals surface area contributed by atoms with Crippen molar-refractivity contribution in [1.29, 1.82) is 5.41 Å². The second-order valence-corrected chi connectivity index (χ2v) is 6.50. The van der Waals surface area contributed by atoms with Crippen molar-refractivity contribution in [3.8, 4) is 23.7 Å². The number of urea groups is 1. The predicted molar refractivity (Wildman–Crippen MR) is 120 cm³/mol. The van der Waals surface area contributed by atoms with Crippen LogP contribution >= 0.6 is 0 Å². The molecule has 1 atom stereocenters. The average molecular weight is 467 g/mol. The molecule has 34 heavy (non-hydrogen) atoms. The molecule has 0 radical (unpaired) electrons. The highest BCUT2D eigenvalue weighted by molar-refractivity contribution is 6.11. The van der Waals surface area contributed by atoms with Gasteiger partial charge in [-0.2, -0.15) is 0 Å². The molecular formula is C23H19F2N5O4. The molecule has 0 fully saturated rings. The zero-order valence-corrected chi connectivity index (χ0v) is 17.7. The Morgan fingerprint density at radius 2 is 1.47 bits per heavy atom. The Balaban J connectivity index is 2.02. The third-order valence-corrected chi connectivity index (χ3v) is 4.19. The van der Waals surface area contributed by atoms with Crippen molar-refractivity contribution in [2.45, 2.75) is 12.5 Å². The van der Waals surface area contributed by atoms with Gasteiger partial charge in [0, 0.05) is 29.4 Å². The van der Waals surface area contributed by atoms with Gasteiger partial charge in [0.25, 0.3) is 18.2 Å². The molecule has 0 saturated heterocycles. The van der Waals surface area contributed by atoms with Gasteiger partial charge in [-0.05, 0) is 60.4 Å². The Morgan fingerprint density at radius 3 is 1.94 bits per heavy atom. The quantitative estimate of drug-likeness (QED) is 0.166. The van der Waals surface area contributed by atoms with Crippen molar-refractivity contribution in [2.75, 3.05) is 12.4 Å². The van der Waals surface area contributed by atoms with Gasteiger partial charge in [0.15, 0.2) is 6.04 Å². The van der Waals surface area contributed by atoms with Crippen molar-refractivity contribution >= 4 is 29.2 Å². The lowest BCUT2D eigenvalue weighted by Crippen LogP contribution is -2.52. The van der Waals surface area contributed by atoms with E-state index in [4.69, 9.17) is 10.6 Å². The summed E-state index contributed by atoms with van der Waals surface area (Å²) in [6.45, 7) is 0. The fourth-order valence-corrected chi connectivity index (χ4v) is 2.43. The van der Waals surface area contributed by atoms with E-state index in [1.807, 2.05) is 5.32 Å². The van der Waals surface area contributed by atoms with Crippen LogP contribution in [-0.2, 0) is 4.79 Å². The predicted octanol–water partition coefficient (Wildman–Crippen LogP) is 1.73. The zero-order valence-electron chi connectivity index (χ0n) is 17.7. The molecule has 0 heterocycles. The Kier molecular flexibility index (Phi) is 9.26. The lowest BCUT2D eigenvalue weighted by atomic mass is 10.1. The Morgan fingerprint density at radius 1 is 0.941 bits per heavy atom. The summed E-state index contributed by atoms with van der Waals surface area (Å²) in [6, 6.07) is 10.1. The molecule has 174 valence electrons. The van der Waals surface area contributed by atoms with E-state index in [2.05, 4.69) is 34.3 Å². The minimum Gasteiger partial charge on any atom is -0.341 e. The molecule has 0 unspecified atom stereocenters. The van der Waals surface area contributed by atoms with Crippen molar-refractivity contribution in [3.63, 3.8) is 0 Å². The van der Waals surface area contributed by atoms with Gasteiger partial charge in [-0.25, -0.2) is 19.1 Å². The fraction of sp³-hybridized carbons (Fsp3) is 0.130. The van der Waals surface area contributed by atoms with E-state index in [0.717, 1.165) is 5.48 Å². The summed E-state index contributed by atoms with van der Waals surface area (Å²) in [4.78, 5) is 35.0. The van der Waals surface area contributed by atoms with E-state index in [1.54, 1.807) is 24.3 Å². The van der Waals surface area contributed by atoms with E-state index in [0.29, 0.717) is 16.8 Å². The lowest BCUT2D eigenvalue weighted by molar-refractivity contribution is -0.129. The second kappa shape index (κ2) is 12.3. The van der Waals surface area contributed by atoms with Gasteiger partial charge in [0.05, 0.1) is 0 Å². The van der Waals surface area contributed by atoms with Crippen LogP contribution in [0.25, 0.3) is 0 Å². The third-order valence-electron chi connectivity index (χ3n) is 4.19. The molecular weight excluding hydrogens is 448 g/mol. The number of halogens is 2. The molecule has 11 heteroatoms. The number of hydroxylamine groups is 1. The molecule has 0 spiro atoms. The van der Waals surface area contributed by atoms with Gasteiger partial charge >= 0.3 is 6.03 Å². The van der Waals surface area contributed by atoms with E-state index < -0.39 is 30.0 Å². The zero-order chi connectivity index (χ0) is 25.1. The smallest absolute Gasteiger partial charge is 0.318 e. The molecule has 2 aromatic rings. The summed E-state index contributed by atoms with van der Waals surface area (Å²) in [5, 5.41) is 22.9. The molecule has 2 aromatic carbocycles. The fourth-order valence-electron chi connectivity index (χ4n) is 2.43. The van der Waals surface area contributed by atoms with Gasteiger partial charge in [0.1, 0.15) is 5.71 Å². The number of hydrogen-bond donors (Lipinski definition) is 6. The number of anilines is 1. The van der Waals surface area contributed by atoms with Crippen LogP contribution in [0.1, 0.15) is 21.5 Å². The summed E-state index contributed by atoms with van der Waals surface area (Å²) in [5.74, 6) is 8.69. The summed E-state index contributed by atoms with van der Waals surface area (Å²) < 4.78 is 25.5. The van der Waals surface area contributed by atoms with Crippen LogP contribution in [0.15, 0.2) is 48.5 Å². The molecule has 0 bridgehead atoms. The maximum atomic E-state index is 12.7. The molecule has 0 aliphatic heterocycles. The average Bonchev–Trinajstić information content (AvgIpc) is 2.85. The summed E-state index contributed by atoms with van der Waals surface area (Å²) >= 11 is 0. The highest BCUT2D eigenvalue weighted by Crippen LogP contribution is 2.09. The van der Waals surface area contributed by atoms with Gasteiger partial charge in [0.2, 0.25) is 0 Å². The lowest BCUT2D eigenvalue weighted by Gasteiger charge is -2.17. The standard InChI is InChI=1S/C23H19F2N5O4/c1-27-23(33)28-17-12-8-15(9-13-17)5-3-2-4-14-6-10-16(11-7-14)21(31)29-19(22(32)30-34)18(26)20(24)25/h6-13,19-20,26,34H,1H3,(H,29,31)(H,30,32)(H2,27,28,33)/t19-/m0/s1. The topological polar surface area (TPSA) is 143 Å². The first kappa shape index (κ1) is 25.5. The van der Waals surface area contributed by atoms with Crippen LogP contribution < -0.4 is 21.4 Å². The number of alkyl halides is 2. The Bertz CT molecular complexity index is 1190. The number of carbonyl (C=O) groups excluding carboxylic acids is 3. The van der Waals surface area contributed by atoms with E-state index >= 15 is 0 Å². The highest BCUT2D eigenvalue weighted by Gasteiger charge is 2.30. The first-order valence-electron chi connectivity index (χ1n) is 9.57. The third kappa shape index (κ3) is 7.44. The minimum absolute atomic E-state index is 0.0277. The van der Waals surface area contributed by atoms with Gasteiger partial charge < -0.3 is 21.4 Å². The van der Waals surface area contributed by atoms with Gasteiger partial charge in [-0.1, -0.05) is 11.8 Å². The van der Waals surface area contributed by atoms with Crippen molar-refractivity contribution < 1.29 is 28.4 Å². The maximum Gasteiger partial charge on any atom is 0.318 e. The number of carbonyl (C=O) groups is 3. The minimum atomic E-state index is -3.29. The molecule has 0 aliphatic rings. The molecule has 0 aromatic heterocycles. The number of nitrogens with one attached hydrogen (secondary N) is 5. The normalized spacial score (nSPS) is 10.5. The Labute approximate surface area is 193 Å². The summed E-state index contributed by atoms with van der Waals surface area (Å²) in [6.07, 6.45) is -3.29. The van der Waals surface area contributed by atoms with Gasteiger partial charge in [-0.15, -0.1) is 0 Å². The summed E-state index contributed by atoms with van der Waals surface area (Å²) in [5.41, 5.74) is 1.61. The van der Waals surface area contributed by atoms with Crippen LogP contribution in [0.4, 0.5) is 19.3 Å². The van der Waals surface area contributed by atoms with Crippen molar-refractivity contribution in [1.82, 2.24) is 16.1 Å². The molecule has 0 aliphatic carbocycles.